The first-order chi connectivity index (χ1) is 13.1. The van der Waals surface area contributed by atoms with Gasteiger partial charge in [-0.05, 0) is 37.4 Å². The Morgan fingerprint density at radius 1 is 1.22 bits per heavy atom. The summed E-state index contributed by atoms with van der Waals surface area (Å²) in [7, 11) is 1.36. The zero-order chi connectivity index (χ0) is 19.2. The van der Waals surface area contributed by atoms with Crippen LogP contribution < -0.4 is 5.32 Å². The molecule has 0 atom stereocenters. The Kier molecular flexibility index (Phi) is 6.63. The first-order valence-corrected chi connectivity index (χ1v) is 10.2. The van der Waals surface area contributed by atoms with Crippen molar-refractivity contribution in [2.45, 2.75) is 26.2 Å². The van der Waals surface area contributed by atoms with E-state index in [0.717, 1.165) is 36.7 Å². The van der Waals surface area contributed by atoms with Crippen LogP contribution in [0.15, 0.2) is 35.7 Å². The molecule has 0 spiro atoms. The topological polar surface area (TPSA) is 58.6 Å². The minimum Gasteiger partial charge on any atom is -0.465 e. The number of nitrogens with zero attached hydrogens (tertiary/aromatic N) is 1. The zero-order valence-electron chi connectivity index (χ0n) is 15.9. The normalized spacial score (nSPS) is 15.5. The van der Waals surface area contributed by atoms with Crippen LogP contribution >= 0.6 is 11.3 Å². The molecule has 1 aromatic heterocycles. The van der Waals surface area contributed by atoms with Gasteiger partial charge in [-0.1, -0.05) is 37.3 Å². The molecule has 2 heterocycles. The van der Waals surface area contributed by atoms with E-state index in [0.29, 0.717) is 17.0 Å². The van der Waals surface area contributed by atoms with Gasteiger partial charge in [-0.25, -0.2) is 4.79 Å². The highest BCUT2D eigenvalue weighted by atomic mass is 32.1. The Morgan fingerprint density at radius 3 is 2.59 bits per heavy atom. The average Bonchev–Trinajstić information content (AvgIpc) is 3.11. The van der Waals surface area contributed by atoms with Crippen molar-refractivity contribution in [2.75, 3.05) is 32.1 Å². The second-order valence-corrected chi connectivity index (χ2v) is 7.91. The maximum atomic E-state index is 12.4. The molecule has 27 heavy (non-hydrogen) atoms. The molecule has 0 saturated carbocycles. The number of methoxy groups -OCH3 is 1. The Balaban J connectivity index is 1.68. The summed E-state index contributed by atoms with van der Waals surface area (Å²) in [6.07, 6.45) is 2.81. The number of carbonyl (C=O) groups is 2. The van der Waals surface area contributed by atoms with Gasteiger partial charge in [0.1, 0.15) is 10.6 Å². The number of rotatable bonds is 6. The first kappa shape index (κ1) is 19.6. The molecule has 6 heteroatoms. The van der Waals surface area contributed by atoms with Crippen molar-refractivity contribution in [3.63, 3.8) is 0 Å². The van der Waals surface area contributed by atoms with Crippen LogP contribution in [0.5, 0.6) is 0 Å². The zero-order valence-corrected chi connectivity index (χ0v) is 16.7. The van der Waals surface area contributed by atoms with E-state index in [9.17, 15) is 9.59 Å². The van der Waals surface area contributed by atoms with Crippen LogP contribution in [0.4, 0.5) is 5.00 Å². The third kappa shape index (κ3) is 4.96. The van der Waals surface area contributed by atoms with Gasteiger partial charge in [-0.2, -0.15) is 0 Å². The number of carbonyl (C=O) groups excluding carboxylic acids is 2. The highest BCUT2D eigenvalue weighted by Crippen LogP contribution is 2.36. The summed E-state index contributed by atoms with van der Waals surface area (Å²) in [5.41, 5.74) is 2.14. The van der Waals surface area contributed by atoms with Gasteiger partial charge in [0.05, 0.1) is 7.11 Å². The molecule has 1 aromatic carbocycles. The summed E-state index contributed by atoms with van der Waals surface area (Å²) < 4.78 is 4.95. The summed E-state index contributed by atoms with van der Waals surface area (Å²) >= 11 is 1.36. The molecule has 1 N–H and O–H groups in total. The van der Waals surface area contributed by atoms with Crippen molar-refractivity contribution < 1.29 is 14.3 Å². The van der Waals surface area contributed by atoms with Crippen LogP contribution in [0.3, 0.4) is 0 Å². The second kappa shape index (κ2) is 9.15. The Hall–Kier alpha value is -2.18. The molecule has 0 aliphatic carbocycles. The van der Waals surface area contributed by atoms with E-state index < -0.39 is 5.97 Å². The number of hydrogen-bond acceptors (Lipinski definition) is 5. The summed E-state index contributed by atoms with van der Waals surface area (Å²) in [5.74, 6) is 0.274. The van der Waals surface area contributed by atoms with Gasteiger partial charge in [0, 0.05) is 23.9 Å². The van der Waals surface area contributed by atoms with Crippen molar-refractivity contribution >= 4 is 28.2 Å². The van der Waals surface area contributed by atoms with Crippen molar-refractivity contribution in [2.24, 2.45) is 5.92 Å². The molecule has 1 saturated heterocycles. The summed E-state index contributed by atoms with van der Waals surface area (Å²) in [6, 6.07) is 9.66. The highest BCUT2D eigenvalue weighted by Gasteiger charge is 2.23. The Labute approximate surface area is 164 Å². The van der Waals surface area contributed by atoms with E-state index in [1.54, 1.807) is 0 Å². The lowest BCUT2D eigenvalue weighted by Crippen LogP contribution is -2.35. The molecule has 1 fully saturated rings. The van der Waals surface area contributed by atoms with Crippen LogP contribution in [-0.4, -0.2) is 43.5 Å². The summed E-state index contributed by atoms with van der Waals surface area (Å²) in [6.45, 7) is 5.14. The third-order valence-corrected chi connectivity index (χ3v) is 5.95. The first-order valence-electron chi connectivity index (χ1n) is 9.36. The van der Waals surface area contributed by atoms with Gasteiger partial charge in [0.15, 0.2) is 0 Å². The molecular formula is C21H26N2O3S. The molecule has 0 radical (unpaired) electrons. The smallest absolute Gasteiger partial charge is 0.341 e. The van der Waals surface area contributed by atoms with E-state index in [1.165, 1.54) is 31.3 Å². The number of benzene rings is 1. The largest absolute Gasteiger partial charge is 0.465 e. The maximum Gasteiger partial charge on any atom is 0.341 e. The van der Waals surface area contributed by atoms with Gasteiger partial charge in [-0.15, -0.1) is 11.3 Å². The molecule has 0 bridgehead atoms. The van der Waals surface area contributed by atoms with E-state index in [-0.39, 0.29) is 5.91 Å². The van der Waals surface area contributed by atoms with E-state index in [4.69, 9.17) is 4.74 Å². The SMILES string of the molecule is COC(=O)c1c(-c2ccccc2)csc1NC(=O)CCN1CCC(C)CC1. The number of esters is 1. The Morgan fingerprint density at radius 2 is 1.93 bits per heavy atom. The lowest BCUT2D eigenvalue weighted by Gasteiger charge is -2.29. The van der Waals surface area contributed by atoms with Gasteiger partial charge >= 0.3 is 5.97 Å². The molecule has 5 nitrogen and oxygen atoms in total. The molecule has 1 aliphatic rings. The molecule has 144 valence electrons. The number of anilines is 1. The van der Waals surface area contributed by atoms with Gasteiger partial charge < -0.3 is 15.0 Å². The monoisotopic (exact) mass is 386 g/mol. The van der Waals surface area contributed by atoms with Crippen molar-refractivity contribution in [3.8, 4) is 11.1 Å². The van der Waals surface area contributed by atoms with Crippen LogP contribution in [-0.2, 0) is 9.53 Å². The molecule has 2 aromatic rings. The molecule has 1 amide bonds. The van der Waals surface area contributed by atoms with Gasteiger partial charge in [-0.3, -0.25) is 4.79 Å². The maximum absolute atomic E-state index is 12.4. The molecule has 3 rings (SSSR count). The molecular weight excluding hydrogens is 360 g/mol. The molecule has 1 aliphatic heterocycles. The van der Waals surface area contributed by atoms with Crippen molar-refractivity contribution in [1.82, 2.24) is 4.90 Å². The standard InChI is InChI=1S/C21H26N2O3S/c1-15-8-11-23(12-9-15)13-10-18(24)22-20-19(21(25)26-2)17(14-27-20)16-6-4-3-5-7-16/h3-7,14-15H,8-13H2,1-2H3,(H,22,24). The Bertz CT molecular complexity index is 780. The minimum absolute atomic E-state index is 0.0692. The van der Waals surface area contributed by atoms with Gasteiger partial charge in [0.2, 0.25) is 5.91 Å². The van der Waals surface area contributed by atoms with Crippen LogP contribution in [0, 0.1) is 5.92 Å². The number of ether oxygens (including phenoxy) is 1. The second-order valence-electron chi connectivity index (χ2n) is 7.03. The van der Waals surface area contributed by atoms with Crippen molar-refractivity contribution in [3.05, 3.63) is 41.3 Å². The number of thiophene rings is 1. The fraction of sp³-hybridized carbons (Fsp3) is 0.429. The number of hydrogen-bond donors (Lipinski definition) is 1. The summed E-state index contributed by atoms with van der Waals surface area (Å²) in [4.78, 5) is 27.1. The number of likely N-dealkylation sites (tertiary alicyclic amines) is 1. The van der Waals surface area contributed by atoms with Crippen LogP contribution in [0.1, 0.15) is 36.5 Å². The lowest BCUT2D eigenvalue weighted by atomic mass is 9.99. The van der Waals surface area contributed by atoms with Crippen LogP contribution in [0.2, 0.25) is 0 Å². The average molecular weight is 387 g/mol. The quantitative estimate of drug-likeness (QED) is 0.754. The van der Waals surface area contributed by atoms with E-state index in [1.807, 2.05) is 35.7 Å². The number of nitrogens with one attached hydrogen (secondary N) is 1. The predicted octanol–water partition coefficient (Wildman–Crippen LogP) is 4.26. The molecule has 0 unspecified atom stereocenters. The minimum atomic E-state index is -0.435. The number of piperidine rings is 1. The van der Waals surface area contributed by atoms with Crippen molar-refractivity contribution in [1.29, 1.82) is 0 Å². The summed E-state index contributed by atoms with van der Waals surface area (Å²) in [5, 5.41) is 5.36. The fourth-order valence-electron chi connectivity index (χ4n) is 3.32. The van der Waals surface area contributed by atoms with E-state index in [2.05, 4.69) is 17.1 Å². The third-order valence-electron chi connectivity index (χ3n) is 5.05. The van der Waals surface area contributed by atoms with E-state index >= 15 is 0 Å². The predicted molar refractivity (Wildman–Crippen MR) is 109 cm³/mol. The highest BCUT2D eigenvalue weighted by molar-refractivity contribution is 7.15. The van der Waals surface area contributed by atoms with Crippen LogP contribution in [0.25, 0.3) is 11.1 Å². The van der Waals surface area contributed by atoms with Gasteiger partial charge in [0.25, 0.3) is 0 Å². The fourth-order valence-corrected chi connectivity index (χ4v) is 4.29. The lowest BCUT2D eigenvalue weighted by molar-refractivity contribution is -0.116. The number of amides is 1.